The highest BCUT2D eigenvalue weighted by atomic mass is 16.5. The van der Waals surface area contributed by atoms with Gasteiger partial charge in [-0.25, -0.2) is 4.79 Å². The first-order valence-electron chi connectivity index (χ1n) is 10.9. The van der Waals surface area contributed by atoms with Crippen LogP contribution in [0.2, 0.25) is 0 Å². The molecule has 2 heterocycles. The van der Waals surface area contributed by atoms with Gasteiger partial charge in [0.1, 0.15) is 0 Å². The number of morpholine rings is 1. The average molecular weight is 403 g/mol. The van der Waals surface area contributed by atoms with Gasteiger partial charge in [-0.2, -0.15) is 0 Å². The minimum Gasteiger partial charge on any atom is -0.379 e. The predicted octanol–water partition coefficient (Wildman–Crippen LogP) is 2.43. The van der Waals surface area contributed by atoms with Crippen LogP contribution in [0.25, 0.3) is 0 Å². The lowest BCUT2D eigenvalue weighted by atomic mass is 10.1. The topological polar surface area (TPSA) is 65.1 Å². The van der Waals surface area contributed by atoms with Crippen LogP contribution in [0, 0.1) is 0 Å². The molecule has 3 rings (SSSR count). The molecule has 0 aromatic heterocycles. The molecule has 2 saturated heterocycles. The molecule has 0 atom stereocenters. The Kier molecular flexibility index (Phi) is 8.31. The molecule has 2 aliphatic rings. The molecule has 2 aliphatic heterocycles. The van der Waals surface area contributed by atoms with E-state index in [0.29, 0.717) is 45.9 Å². The van der Waals surface area contributed by atoms with Gasteiger partial charge in [-0.05, 0) is 30.5 Å². The molecule has 1 aromatic carbocycles. The van der Waals surface area contributed by atoms with Gasteiger partial charge in [0.15, 0.2) is 0 Å². The van der Waals surface area contributed by atoms with E-state index >= 15 is 0 Å². The van der Waals surface area contributed by atoms with Gasteiger partial charge in [0.05, 0.1) is 19.8 Å². The zero-order valence-corrected chi connectivity index (χ0v) is 17.6. The number of unbranched alkanes of at least 4 members (excludes halogenated alkanes) is 2. The summed E-state index contributed by atoms with van der Waals surface area (Å²) in [6.07, 6.45) is 4.76. The Hall–Kier alpha value is -2.12. The van der Waals surface area contributed by atoms with E-state index in [1.807, 2.05) is 17.0 Å². The van der Waals surface area contributed by atoms with E-state index in [2.05, 4.69) is 29.3 Å². The average Bonchev–Trinajstić information content (AvgIpc) is 2.76. The molecular formula is C22H34N4O3. The van der Waals surface area contributed by atoms with Gasteiger partial charge in [-0.15, -0.1) is 0 Å². The van der Waals surface area contributed by atoms with E-state index in [0.717, 1.165) is 25.2 Å². The maximum atomic E-state index is 12.5. The largest absolute Gasteiger partial charge is 0.379 e. The number of nitrogens with zero attached hydrogens (tertiary/aromatic N) is 3. The van der Waals surface area contributed by atoms with Crippen molar-refractivity contribution in [2.24, 2.45) is 0 Å². The highest BCUT2D eigenvalue weighted by Crippen LogP contribution is 2.14. The number of carbonyl (C=O) groups is 2. The fourth-order valence-corrected chi connectivity index (χ4v) is 3.75. The Balaban J connectivity index is 1.39. The highest BCUT2D eigenvalue weighted by Gasteiger charge is 2.25. The smallest absolute Gasteiger partial charge is 0.321 e. The standard InChI is InChI=1S/C22H34N4O3/c1-2-3-4-5-19-6-8-20(9-7-19)23-22(28)26-12-10-25(11-13-26)21(27)18-24-14-16-29-17-15-24/h6-9H,2-5,10-18H2,1H3,(H,23,28). The monoisotopic (exact) mass is 402 g/mol. The molecule has 0 unspecified atom stereocenters. The first-order chi connectivity index (χ1) is 14.2. The lowest BCUT2D eigenvalue weighted by Crippen LogP contribution is -2.54. The number of amides is 3. The summed E-state index contributed by atoms with van der Waals surface area (Å²) in [5.74, 6) is 0.144. The Morgan fingerprint density at radius 3 is 2.24 bits per heavy atom. The van der Waals surface area contributed by atoms with E-state index in [-0.39, 0.29) is 11.9 Å². The summed E-state index contributed by atoms with van der Waals surface area (Å²) in [4.78, 5) is 30.8. The van der Waals surface area contributed by atoms with Crippen LogP contribution in [0.1, 0.15) is 31.7 Å². The Morgan fingerprint density at radius 1 is 0.931 bits per heavy atom. The number of benzene rings is 1. The number of carbonyl (C=O) groups excluding carboxylic acids is 2. The normalized spacial score (nSPS) is 18.0. The molecular weight excluding hydrogens is 368 g/mol. The summed E-state index contributed by atoms with van der Waals surface area (Å²) in [6.45, 7) is 7.98. The number of aryl methyl sites for hydroxylation is 1. The molecule has 0 bridgehead atoms. The molecule has 1 N–H and O–H groups in total. The molecule has 3 amide bonds. The molecule has 0 saturated carbocycles. The second kappa shape index (κ2) is 11.2. The van der Waals surface area contributed by atoms with Crippen molar-refractivity contribution in [2.75, 3.05) is 64.3 Å². The minimum absolute atomic E-state index is 0.0935. The summed E-state index contributed by atoms with van der Waals surface area (Å²) in [5.41, 5.74) is 2.13. The van der Waals surface area contributed by atoms with Crippen molar-refractivity contribution in [1.82, 2.24) is 14.7 Å². The summed E-state index contributed by atoms with van der Waals surface area (Å²) >= 11 is 0. The summed E-state index contributed by atoms with van der Waals surface area (Å²) in [6, 6.07) is 8.04. The fourth-order valence-electron chi connectivity index (χ4n) is 3.75. The van der Waals surface area contributed by atoms with Crippen LogP contribution in [0.5, 0.6) is 0 Å². The Morgan fingerprint density at radius 2 is 1.59 bits per heavy atom. The molecule has 0 spiro atoms. The zero-order valence-electron chi connectivity index (χ0n) is 17.6. The number of rotatable bonds is 7. The summed E-state index contributed by atoms with van der Waals surface area (Å²) in [5, 5.41) is 2.98. The third-order valence-electron chi connectivity index (χ3n) is 5.66. The van der Waals surface area contributed by atoms with E-state index in [1.54, 1.807) is 4.90 Å². The van der Waals surface area contributed by atoms with Gasteiger partial charge in [0.25, 0.3) is 0 Å². The molecule has 1 aromatic rings. The predicted molar refractivity (Wildman–Crippen MR) is 114 cm³/mol. The van der Waals surface area contributed by atoms with Crippen LogP contribution in [0.3, 0.4) is 0 Å². The summed E-state index contributed by atoms with van der Waals surface area (Å²) in [7, 11) is 0. The fraction of sp³-hybridized carbons (Fsp3) is 0.636. The van der Waals surface area contributed by atoms with Crippen LogP contribution in [-0.4, -0.2) is 85.7 Å². The van der Waals surface area contributed by atoms with Gasteiger partial charge >= 0.3 is 6.03 Å². The van der Waals surface area contributed by atoms with E-state index in [4.69, 9.17) is 4.74 Å². The number of hydrogen-bond acceptors (Lipinski definition) is 4. The zero-order chi connectivity index (χ0) is 20.5. The third kappa shape index (κ3) is 6.72. The molecule has 160 valence electrons. The van der Waals surface area contributed by atoms with E-state index in [9.17, 15) is 9.59 Å². The van der Waals surface area contributed by atoms with Crippen LogP contribution in [0.4, 0.5) is 10.5 Å². The lowest BCUT2D eigenvalue weighted by Gasteiger charge is -2.36. The van der Waals surface area contributed by atoms with Gasteiger partial charge in [0.2, 0.25) is 5.91 Å². The molecule has 7 nitrogen and oxygen atoms in total. The van der Waals surface area contributed by atoms with Crippen LogP contribution < -0.4 is 5.32 Å². The molecule has 2 fully saturated rings. The van der Waals surface area contributed by atoms with Crippen molar-refractivity contribution in [3.8, 4) is 0 Å². The number of nitrogens with one attached hydrogen (secondary N) is 1. The van der Waals surface area contributed by atoms with E-state index < -0.39 is 0 Å². The van der Waals surface area contributed by atoms with Crippen LogP contribution >= 0.6 is 0 Å². The van der Waals surface area contributed by atoms with Gasteiger partial charge in [0, 0.05) is 45.0 Å². The Bertz CT molecular complexity index is 651. The number of urea groups is 1. The van der Waals surface area contributed by atoms with Crippen molar-refractivity contribution < 1.29 is 14.3 Å². The molecule has 7 heteroatoms. The molecule has 29 heavy (non-hydrogen) atoms. The molecule has 0 aliphatic carbocycles. The molecule has 0 radical (unpaired) electrons. The quantitative estimate of drug-likeness (QED) is 0.712. The number of anilines is 1. The number of ether oxygens (including phenoxy) is 1. The maximum absolute atomic E-state index is 12.5. The van der Waals surface area contributed by atoms with Gasteiger partial charge in [-0.3, -0.25) is 9.69 Å². The maximum Gasteiger partial charge on any atom is 0.321 e. The highest BCUT2D eigenvalue weighted by molar-refractivity contribution is 5.89. The second-order valence-corrected chi connectivity index (χ2v) is 7.84. The first-order valence-corrected chi connectivity index (χ1v) is 10.9. The van der Waals surface area contributed by atoms with Crippen molar-refractivity contribution in [2.45, 2.75) is 32.6 Å². The number of hydrogen-bond donors (Lipinski definition) is 1. The van der Waals surface area contributed by atoms with Gasteiger partial charge in [-0.1, -0.05) is 31.9 Å². The SMILES string of the molecule is CCCCCc1ccc(NC(=O)N2CCN(C(=O)CN3CCOCC3)CC2)cc1. The Labute approximate surface area is 174 Å². The second-order valence-electron chi connectivity index (χ2n) is 7.84. The van der Waals surface area contributed by atoms with Crippen molar-refractivity contribution in [3.05, 3.63) is 29.8 Å². The minimum atomic E-state index is -0.0935. The first kappa shape index (κ1) is 21.6. The van der Waals surface area contributed by atoms with Crippen LogP contribution in [-0.2, 0) is 16.0 Å². The van der Waals surface area contributed by atoms with Crippen molar-refractivity contribution in [3.63, 3.8) is 0 Å². The lowest BCUT2D eigenvalue weighted by molar-refractivity contribution is -0.134. The summed E-state index contributed by atoms with van der Waals surface area (Å²) < 4.78 is 5.33. The third-order valence-corrected chi connectivity index (χ3v) is 5.66. The van der Waals surface area contributed by atoms with Crippen LogP contribution in [0.15, 0.2) is 24.3 Å². The van der Waals surface area contributed by atoms with Crippen molar-refractivity contribution >= 4 is 17.6 Å². The van der Waals surface area contributed by atoms with Gasteiger partial charge < -0.3 is 19.9 Å². The number of piperazine rings is 1. The van der Waals surface area contributed by atoms with Crippen molar-refractivity contribution in [1.29, 1.82) is 0 Å². The van der Waals surface area contributed by atoms with E-state index in [1.165, 1.54) is 24.8 Å².